The molecule has 1 aromatic heterocycles. The Labute approximate surface area is 74.0 Å². The van der Waals surface area contributed by atoms with Crippen molar-refractivity contribution < 1.29 is 8.78 Å². The fraction of sp³-hybridized carbons (Fsp3) is 0.500. The van der Waals surface area contributed by atoms with Crippen molar-refractivity contribution >= 4 is 17.0 Å². The molecule has 0 radical (unpaired) electrons. The van der Waals surface area contributed by atoms with E-state index in [0.29, 0.717) is 6.54 Å². The molecule has 0 atom stereocenters. The molecule has 0 spiro atoms. The summed E-state index contributed by atoms with van der Waals surface area (Å²) in [6, 6.07) is 0. The average Bonchev–Trinajstić information content (AvgIpc) is 2.33. The highest BCUT2D eigenvalue weighted by atomic mass is 79.9. The number of aromatic nitrogens is 2. The van der Waals surface area contributed by atoms with Crippen LogP contribution in [-0.2, 0) is 6.54 Å². The fourth-order valence-electron chi connectivity index (χ4n) is 0.790. The van der Waals surface area contributed by atoms with Crippen LogP contribution in [0.2, 0.25) is 0 Å². The maximum absolute atomic E-state index is 12.0. The lowest BCUT2D eigenvalue weighted by molar-refractivity contribution is 0.135. The number of hydrogen-bond acceptors (Lipinski definition) is 1. The lowest BCUT2D eigenvalue weighted by Crippen LogP contribution is -2.00. The van der Waals surface area contributed by atoms with E-state index in [1.165, 1.54) is 10.8 Å². The summed E-state index contributed by atoms with van der Waals surface area (Å²) in [7, 11) is 0. The van der Waals surface area contributed by atoms with E-state index in [0.717, 1.165) is 0 Å². The van der Waals surface area contributed by atoms with Gasteiger partial charge in [0.25, 0.3) is 6.43 Å². The Morgan fingerprint density at radius 2 is 2.27 bits per heavy atom. The zero-order chi connectivity index (χ0) is 7.56. The molecule has 1 rings (SSSR count). The smallest absolute Gasteiger partial charge is 0.295 e. The molecule has 0 aliphatic carbocycles. The summed E-state index contributed by atoms with van der Waals surface area (Å²) in [6.45, 7) is 2.34. The second-order valence-electron chi connectivity index (χ2n) is 1.87. The Balaban J connectivity index is 0.000001000. The number of rotatable bonds is 2. The first-order valence-electron chi connectivity index (χ1n) is 3.05. The summed E-state index contributed by atoms with van der Waals surface area (Å²) < 4.78 is 25.4. The van der Waals surface area contributed by atoms with Gasteiger partial charge in [0.15, 0.2) is 5.82 Å². The van der Waals surface area contributed by atoms with Crippen molar-refractivity contribution in [2.45, 2.75) is 19.9 Å². The Kier molecular flexibility index (Phi) is 4.25. The Bertz CT molecular complexity index is 212. The molecular weight excluding hydrogens is 218 g/mol. The van der Waals surface area contributed by atoms with E-state index in [-0.39, 0.29) is 22.8 Å². The molecule has 1 heterocycles. The van der Waals surface area contributed by atoms with Crippen LogP contribution in [-0.4, -0.2) is 9.55 Å². The molecule has 5 heteroatoms. The molecule has 0 saturated carbocycles. The van der Waals surface area contributed by atoms with Gasteiger partial charge in [0.05, 0.1) is 0 Å². The van der Waals surface area contributed by atoms with Gasteiger partial charge in [0.1, 0.15) is 0 Å². The minimum Gasteiger partial charge on any atom is -0.330 e. The van der Waals surface area contributed by atoms with Crippen molar-refractivity contribution in [1.82, 2.24) is 9.55 Å². The minimum atomic E-state index is -2.46. The topological polar surface area (TPSA) is 17.8 Å². The monoisotopic (exact) mass is 226 g/mol. The second kappa shape index (κ2) is 4.43. The first-order chi connectivity index (χ1) is 4.75. The highest BCUT2D eigenvalue weighted by Crippen LogP contribution is 2.15. The van der Waals surface area contributed by atoms with Crippen molar-refractivity contribution in [2.24, 2.45) is 0 Å². The van der Waals surface area contributed by atoms with Crippen LogP contribution in [0.1, 0.15) is 19.2 Å². The molecule has 0 aliphatic heterocycles. The molecule has 1 aromatic rings. The molecule has 0 aliphatic rings. The molecule has 0 bridgehead atoms. The third-order valence-corrected chi connectivity index (χ3v) is 1.28. The van der Waals surface area contributed by atoms with Gasteiger partial charge in [-0.25, -0.2) is 13.8 Å². The third kappa shape index (κ3) is 2.25. The van der Waals surface area contributed by atoms with E-state index in [9.17, 15) is 8.78 Å². The van der Waals surface area contributed by atoms with Crippen LogP contribution in [0.3, 0.4) is 0 Å². The molecule has 64 valence electrons. The second-order valence-corrected chi connectivity index (χ2v) is 1.87. The van der Waals surface area contributed by atoms with E-state index in [4.69, 9.17) is 0 Å². The Morgan fingerprint density at radius 3 is 2.64 bits per heavy atom. The number of aryl methyl sites for hydroxylation is 1. The lowest BCUT2D eigenvalue weighted by Gasteiger charge is -2.01. The number of nitrogens with zero attached hydrogens (tertiary/aromatic N) is 2. The quantitative estimate of drug-likeness (QED) is 0.758. The van der Waals surface area contributed by atoms with E-state index in [1.54, 1.807) is 13.1 Å². The van der Waals surface area contributed by atoms with E-state index < -0.39 is 6.43 Å². The number of halogens is 3. The largest absolute Gasteiger partial charge is 0.330 e. The predicted molar refractivity (Wildman–Crippen MR) is 43.2 cm³/mol. The average molecular weight is 227 g/mol. The van der Waals surface area contributed by atoms with E-state index in [1.807, 2.05) is 0 Å². The molecule has 0 saturated heterocycles. The maximum Gasteiger partial charge on any atom is 0.295 e. The van der Waals surface area contributed by atoms with E-state index in [2.05, 4.69) is 4.98 Å². The van der Waals surface area contributed by atoms with Crippen molar-refractivity contribution in [1.29, 1.82) is 0 Å². The van der Waals surface area contributed by atoms with Crippen molar-refractivity contribution in [3.63, 3.8) is 0 Å². The SMILES string of the molecule is Br.CCn1ccnc1C(F)F. The summed E-state index contributed by atoms with van der Waals surface area (Å²) in [4.78, 5) is 3.50. The van der Waals surface area contributed by atoms with Crippen LogP contribution in [0, 0.1) is 0 Å². The first kappa shape index (κ1) is 10.6. The molecule has 0 N–H and O–H groups in total. The molecule has 11 heavy (non-hydrogen) atoms. The van der Waals surface area contributed by atoms with Crippen LogP contribution >= 0.6 is 17.0 Å². The number of alkyl halides is 2. The van der Waals surface area contributed by atoms with Crippen molar-refractivity contribution in [2.75, 3.05) is 0 Å². The van der Waals surface area contributed by atoms with E-state index >= 15 is 0 Å². The van der Waals surface area contributed by atoms with Gasteiger partial charge in [-0.2, -0.15) is 0 Å². The van der Waals surface area contributed by atoms with Crippen LogP contribution in [0.5, 0.6) is 0 Å². The molecule has 2 nitrogen and oxygen atoms in total. The minimum absolute atomic E-state index is 0. The van der Waals surface area contributed by atoms with Crippen molar-refractivity contribution in [3.8, 4) is 0 Å². The molecule has 0 unspecified atom stereocenters. The first-order valence-corrected chi connectivity index (χ1v) is 3.05. The molecular formula is C6H9BrF2N2. The van der Waals surface area contributed by atoms with Gasteiger partial charge >= 0.3 is 0 Å². The molecule has 0 aromatic carbocycles. The summed E-state index contributed by atoms with van der Waals surface area (Å²) >= 11 is 0. The standard InChI is InChI=1S/C6H8F2N2.BrH/c1-2-10-4-3-9-6(10)5(7)8;/h3-5H,2H2,1H3;1H. The molecule has 0 amide bonds. The highest BCUT2D eigenvalue weighted by Gasteiger charge is 2.11. The van der Waals surface area contributed by atoms with Gasteiger partial charge in [-0.15, -0.1) is 17.0 Å². The van der Waals surface area contributed by atoms with Gasteiger partial charge in [-0.05, 0) is 6.92 Å². The highest BCUT2D eigenvalue weighted by molar-refractivity contribution is 8.93. The fourth-order valence-corrected chi connectivity index (χ4v) is 0.790. The lowest BCUT2D eigenvalue weighted by atomic mass is 10.6. The summed E-state index contributed by atoms with van der Waals surface area (Å²) in [5.41, 5.74) is 0. The van der Waals surface area contributed by atoms with Gasteiger partial charge in [0, 0.05) is 18.9 Å². The summed E-state index contributed by atoms with van der Waals surface area (Å²) in [5.74, 6) is -0.150. The van der Waals surface area contributed by atoms with Gasteiger partial charge in [-0.1, -0.05) is 0 Å². The summed E-state index contributed by atoms with van der Waals surface area (Å²) in [6.07, 6.45) is 0.460. The summed E-state index contributed by atoms with van der Waals surface area (Å²) in [5, 5.41) is 0. The van der Waals surface area contributed by atoms with Crippen LogP contribution < -0.4 is 0 Å². The Hall–Kier alpha value is -0.450. The van der Waals surface area contributed by atoms with Gasteiger partial charge in [0.2, 0.25) is 0 Å². The normalized spacial score (nSPS) is 9.82. The van der Waals surface area contributed by atoms with Crippen molar-refractivity contribution in [3.05, 3.63) is 18.2 Å². The third-order valence-electron chi connectivity index (χ3n) is 1.28. The Morgan fingerprint density at radius 1 is 1.64 bits per heavy atom. The van der Waals surface area contributed by atoms with Crippen LogP contribution in [0.15, 0.2) is 12.4 Å². The zero-order valence-electron chi connectivity index (χ0n) is 6.00. The predicted octanol–water partition coefficient (Wildman–Crippen LogP) is 2.42. The van der Waals surface area contributed by atoms with Gasteiger partial charge in [-0.3, -0.25) is 0 Å². The van der Waals surface area contributed by atoms with Crippen LogP contribution in [0.25, 0.3) is 0 Å². The van der Waals surface area contributed by atoms with Gasteiger partial charge < -0.3 is 4.57 Å². The number of hydrogen-bond donors (Lipinski definition) is 0. The van der Waals surface area contributed by atoms with Crippen LogP contribution in [0.4, 0.5) is 8.78 Å². The zero-order valence-corrected chi connectivity index (χ0v) is 7.71. The maximum atomic E-state index is 12.0. The molecule has 0 fully saturated rings. The number of imidazole rings is 1.